The van der Waals surface area contributed by atoms with E-state index in [-0.39, 0.29) is 0 Å². The molecule has 0 fully saturated rings. The maximum atomic E-state index is 5.44. The Labute approximate surface area is 142 Å². The first-order chi connectivity index (χ1) is 11.3. The number of methoxy groups -OCH3 is 2. The van der Waals surface area contributed by atoms with E-state index in [1.54, 1.807) is 55.8 Å². The number of nitrogens with zero attached hydrogens (tertiary/aromatic N) is 3. The van der Waals surface area contributed by atoms with Crippen molar-refractivity contribution < 1.29 is 9.47 Å². The molecule has 0 atom stereocenters. The highest BCUT2D eigenvalue weighted by atomic mass is 32.2. The second-order valence-electron chi connectivity index (χ2n) is 4.53. The molecule has 0 amide bonds. The average molecular weight is 345 g/mol. The standard InChI is InChI=1S/C16H15N3O2S2/c1-20-12-4-5-13(14(8-12)21-2)15-19-11(9-22-15)10-23-16-17-6-3-7-18-16/h3-9H,10H2,1-2H3. The molecule has 5 nitrogen and oxygen atoms in total. The Morgan fingerprint density at radius 1 is 1.13 bits per heavy atom. The molecule has 0 unspecified atom stereocenters. The van der Waals surface area contributed by atoms with Crippen LogP contribution >= 0.6 is 23.1 Å². The Morgan fingerprint density at radius 2 is 1.96 bits per heavy atom. The smallest absolute Gasteiger partial charge is 0.187 e. The van der Waals surface area contributed by atoms with E-state index in [4.69, 9.17) is 9.47 Å². The summed E-state index contributed by atoms with van der Waals surface area (Å²) in [4.78, 5) is 13.1. The highest BCUT2D eigenvalue weighted by molar-refractivity contribution is 7.98. The summed E-state index contributed by atoms with van der Waals surface area (Å²) in [5.41, 5.74) is 1.96. The van der Waals surface area contributed by atoms with E-state index in [0.29, 0.717) is 0 Å². The van der Waals surface area contributed by atoms with Gasteiger partial charge in [-0.25, -0.2) is 15.0 Å². The number of hydrogen-bond acceptors (Lipinski definition) is 7. The first-order valence-corrected chi connectivity index (χ1v) is 8.73. The van der Waals surface area contributed by atoms with E-state index in [9.17, 15) is 0 Å². The zero-order valence-corrected chi connectivity index (χ0v) is 14.4. The van der Waals surface area contributed by atoms with Gasteiger partial charge in [-0.05, 0) is 18.2 Å². The molecule has 0 bridgehead atoms. The fraction of sp³-hybridized carbons (Fsp3) is 0.188. The van der Waals surface area contributed by atoms with Crippen LogP contribution in [-0.4, -0.2) is 29.2 Å². The molecule has 0 radical (unpaired) electrons. The predicted octanol–water partition coefficient (Wildman–Crippen LogP) is 3.91. The first kappa shape index (κ1) is 15.8. The minimum absolute atomic E-state index is 0.735. The van der Waals surface area contributed by atoms with Crippen molar-refractivity contribution in [1.82, 2.24) is 15.0 Å². The zero-order chi connectivity index (χ0) is 16.1. The summed E-state index contributed by atoms with van der Waals surface area (Å²) in [7, 11) is 3.29. The van der Waals surface area contributed by atoms with Crippen LogP contribution in [0.3, 0.4) is 0 Å². The van der Waals surface area contributed by atoms with Crippen LogP contribution in [0.1, 0.15) is 5.69 Å². The molecule has 7 heteroatoms. The summed E-state index contributed by atoms with van der Waals surface area (Å²) in [5, 5.41) is 3.73. The van der Waals surface area contributed by atoms with Crippen molar-refractivity contribution in [3.8, 4) is 22.1 Å². The van der Waals surface area contributed by atoms with Gasteiger partial charge >= 0.3 is 0 Å². The Bertz CT molecular complexity index is 778. The fourth-order valence-electron chi connectivity index (χ4n) is 1.97. The maximum Gasteiger partial charge on any atom is 0.187 e. The molecule has 0 aliphatic carbocycles. The molecule has 0 aliphatic rings. The van der Waals surface area contributed by atoms with Crippen LogP contribution in [0.25, 0.3) is 10.6 Å². The second-order valence-corrected chi connectivity index (χ2v) is 6.33. The highest BCUT2D eigenvalue weighted by Crippen LogP contribution is 2.35. The third kappa shape index (κ3) is 3.80. The summed E-state index contributed by atoms with van der Waals surface area (Å²) in [6.45, 7) is 0. The summed E-state index contributed by atoms with van der Waals surface area (Å²) in [5.74, 6) is 2.25. The summed E-state index contributed by atoms with van der Waals surface area (Å²) >= 11 is 3.16. The van der Waals surface area contributed by atoms with Gasteiger partial charge in [0.1, 0.15) is 16.5 Å². The fourth-order valence-corrected chi connectivity index (χ4v) is 3.62. The van der Waals surface area contributed by atoms with Gasteiger partial charge < -0.3 is 9.47 Å². The van der Waals surface area contributed by atoms with Gasteiger partial charge in [-0.2, -0.15) is 0 Å². The molecule has 118 valence electrons. The molecule has 3 rings (SSSR count). The monoisotopic (exact) mass is 345 g/mol. The van der Waals surface area contributed by atoms with Crippen molar-refractivity contribution in [2.24, 2.45) is 0 Å². The summed E-state index contributed by atoms with van der Waals surface area (Å²) in [6, 6.07) is 7.54. The lowest BCUT2D eigenvalue weighted by Gasteiger charge is -2.08. The van der Waals surface area contributed by atoms with Crippen LogP contribution < -0.4 is 9.47 Å². The van der Waals surface area contributed by atoms with E-state index in [2.05, 4.69) is 20.3 Å². The highest BCUT2D eigenvalue weighted by Gasteiger charge is 2.12. The number of rotatable bonds is 6. The topological polar surface area (TPSA) is 57.1 Å². The summed E-state index contributed by atoms with van der Waals surface area (Å²) < 4.78 is 10.7. The van der Waals surface area contributed by atoms with E-state index in [0.717, 1.165) is 38.7 Å². The minimum Gasteiger partial charge on any atom is -0.497 e. The molecule has 23 heavy (non-hydrogen) atoms. The Hall–Kier alpha value is -2.12. The van der Waals surface area contributed by atoms with Gasteiger partial charge in [-0.3, -0.25) is 0 Å². The van der Waals surface area contributed by atoms with Crippen LogP contribution in [0.5, 0.6) is 11.5 Å². The first-order valence-electron chi connectivity index (χ1n) is 6.87. The van der Waals surface area contributed by atoms with E-state index in [1.165, 1.54) is 0 Å². The van der Waals surface area contributed by atoms with Crippen molar-refractivity contribution in [3.63, 3.8) is 0 Å². The third-order valence-electron chi connectivity index (χ3n) is 3.08. The number of thioether (sulfide) groups is 1. The Balaban J connectivity index is 1.76. The van der Waals surface area contributed by atoms with Crippen LogP contribution in [-0.2, 0) is 5.75 Å². The predicted molar refractivity (Wildman–Crippen MR) is 92.2 cm³/mol. The molecule has 1 aromatic carbocycles. The number of hydrogen-bond donors (Lipinski definition) is 0. The van der Waals surface area contributed by atoms with Gasteiger partial charge in [0, 0.05) is 29.6 Å². The van der Waals surface area contributed by atoms with Gasteiger partial charge in [-0.15, -0.1) is 11.3 Å². The zero-order valence-electron chi connectivity index (χ0n) is 12.7. The van der Waals surface area contributed by atoms with Crippen molar-refractivity contribution in [3.05, 3.63) is 47.7 Å². The van der Waals surface area contributed by atoms with Crippen LogP contribution in [0.15, 0.2) is 47.2 Å². The normalized spacial score (nSPS) is 10.5. The van der Waals surface area contributed by atoms with Crippen molar-refractivity contribution in [2.45, 2.75) is 10.9 Å². The van der Waals surface area contributed by atoms with Gasteiger partial charge in [0.2, 0.25) is 0 Å². The lowest BCUT2D eigenvalue weighted by Crippen LogP contribution is -1.91. The number of benzene rings is 1. The lowest BCUT2D eigenvalue weighted by atomic mass is 10.2. The van der Waals surface area contributed by atoms with E-state index < -0.39 is 0 Å². The molecular weight excluding hydrogens is 330 g/mol. The molecule has 3 aromatic rings. The largest absolute Gasteiger partial charge is 0.497 e. The SMILES string of the molecule is COc1ccc(-c2nc(CSc3ncccn3)cs2)c(OC)c1. The number of ether oxygens (including phenoxy) is 2. The third-order valence-corrected chi connectivity index (χ3v) is 4.92. The molecular formula is C16H15N3O2S2. The molecule has 0 spiro atoms. The molecule has 0 aliphatic heterocycles. The van der Waals surface area contributed by atoms with Crippen LogP contribution in [0.2, 0.25) is 0 Å². The van der Waals surface area contributed by atoms with Crippen molar-refractivity contribution in [2.75, 3.05) is 14.2 Å². The van der Waals surface area contributed by atoms with Gasteiger partial charge in [0.25, 0.3) is 0 Å². The molecule has 0 saturated heterocycles. The van der Waals surface area contributed by atoms with E-state index >= 15 is 0 Å². The molecule has 2 aromatic heterocycles. The van der Waals surface area contributed by atoms with Gasteiger partial charge in [0.05, 0.1) is 25.5 Å². The van der Waals surface area contributed by atoms with E-state index in [1.807, 2.05) is 18.2 Å². The van der Waals surface area contributed by atoms with Crippen LogP contribution in [0.4, 0.5) is 0 Å². The lowest BCUT2D eigenvalue weighted by molar-refractivity contribution is 0.395. The van der Waals surface area contributed by atoms with Gasteiger partial charge in [-0.1, -0.05) is 11.8 Å². The minimum atomic E-state index is 0.735. The number of aromatic nitrogens is 3. The van der Waals surface area contributed by atoms with Crippen LogP contribution in [0, 0.1) is 0 Å². The van der Waals surface area contributed by atoms with Gasteiger partial charge in [0.15, 0.2) is 5.16 Å². The van der Waals surface area contributed by atoms with Crippen molar-refractivity contribution in [1.29, 1.82) is 0 Å². The van der Waals surface area contributed by atoms with Crippen molar-refractivity contribution >= 4 is 23.1 Å². The summed E-state index contributed by atoms with van der Waals surface area (Å²) in [6.07, 6.45) is 3.48. The molecule has 2 heterocycles. The average Bonchev–Trinajstić information content (AvgIpc) is 3.09. The molecule has 0 N–H and O–H groups in total. The number of thiazole rings is 1. The quantitative estimate of drug-likeness (QED) is 0.499. The maximum absolute atomic E-state index is 5.44. The Kier molecular flexibility index (Phi) is 5.09. The second kappa shape index (κ2) is 7.43. The molecule has 0 saturated carbocycles. The Morgan fingerprint density at radius 3 is 2.70 bits per heavy atom.